The number of hydrogen-bond acceptors (Lipinski definition) is 2. The Balaban J connectivity index is 1.85. The Morgan fingerprint density at radius 3 is 2.57 bits per heavy atom. The van der Waals surface area contributed by atoms with E-state index in [2.05, 4.69) is 35.1 Å². The van der Waals surface area contributed by atoms with Crippen molar-refractivity contribution in [1.82, 2.24) is 5.32 Å². The van der Waals surface area contributed by atoms with Gasteiger partial charge in [0.05, 0.1) is 4.47 Å². The Hall–Kier alpha value is -1.88. The lowest BCUT2D eigenvalue weighted by Gasteiger charge is -2.25. The third-order valence-electron chi connectivity index (χ3n) is 3.54. The zero-order valence-corrected chi connectivity index (χ0v) is 14.7. The van der Waals surface area contributed by atoms with Crippen molar-refractivity contribution in [2.24, 2.45) is 0 Å². The van der Waals surface area contributed by atoms with Gasteiger partial charge in [-0.1, -0.05) is 44.2 Å². The van der Waals surface area contributed by atoms with Crippen LogP contribution in [-0.4, -0.2) is 19.1 Å². The largest absolute Gasteiger partial charge is 0.483 e. The van der Waals surface area contributed by atoms with Crippen molar-refractivity contribution in [3.8, 4) is 5.75 Å². The van der Waals surface area contributed by atoms with E-state index in [1.165, 1.54) is 18.2 Å². The first-order chi connectivity index (χ1) is 10.9. The summed E-state index contributed by atoms with van der Waals surface area (Å²) in [5.74, 6) is -0.146. The molecular formula is C18H19BrFNO2. The quantitative estimate of drug-likeness (QED) is 0.821. The number of amides is 1. The molecule has 0 fully saturated rings. The maximum Gasteiger partial charge on any atom is 0.257 e. The van der Waals surface area contributed by atoms with E-state index in [9.17, 15) is 9.18 Å². The molecular weight excluding hydrogens is 361 g/mol. The van der Waals surface area contributed by atoms with Gasteiger partial charge in [-0.3, -0.25) is 4.79 Å². The number of carbonyl (C=O) groups is 1. The number of carbonyl (C=O) groups excluding carboxylic acids is 1. The standard InChI is InChI=1S/C18H19BrFNO2/c1-18(2,13-6-4-3-5-7-13)12-21-17(22)11-23-16-9-8-14(20)10-15(16)19/h3-10H,11-12H2,1-2H3,(H,21,22). The van der Waals surface area contributed by atoms with Crippen LogP contribution < -0.4 is 10.1 Å². The van der Waals surface area contributed by atoms with Crippen molar-refractivity contribution < 1.29 is 13.9 Å². The van der Waals surface area contributed by atoms with Crippen molar-refractivity contribution >= 4 is 21.8 Å². The van der Waals surface area contributed by atoms with Crippen molar-refractivity contribution in [1.29, 1.82) is 0 Å². The molecule has 2 aromatic rings. The van der Waals surface area contributed by atoms with E-state index < -0.39 is 0 Å². The second-order valence-electron chi connectivity index (χ2n) is 5.89. The van der Waals surface area contributed by atoms with Crippen molar-refractivity contribution in [2.75, 3.05) is 13.2 Å². The topological polar surface area (TPSA) is 38.3 Å². The van der Waals surface area contributed by atoms with E-state index in [4.69, 9.17) is 4.74 Å². The summed E-state index contributed by atoms with van der Waals surface area (Å²) in [7, 11) is 0. The van der Waals surface area contributed by atoms with Crippen LogP contribution in [0.1, 0.15) is 19.4 Å². The highest BCUT2D eigenvalue weighted by molar-refractivity contribution is 9.10. The lowest BCUT2D eigenvalue weighted by Crippen LogP contribution is -2.38. The molecule has 0 aromatic heterocycles. The van der Waals surface area contributed by atoms with E-state index in [-0.39, 0.29) is 23.7 Å². The van der Waals surface area contributed by atoms with Gasteiger partial charge in [0.25, 0.3) is 5.91 Å². The van der Waals surface area contributed by atoms with Gasteiger partial charge in [0.2, 0.25) is 0 Å². The molecule has 0 heterocycles. The molecule has 0 unspecified atom stereocenters. The molecule has 0 aliphatic rings. The summed E-state index contributed by atoms with van der Waals surface area (Å²) >= 11 is 3.20. The Kier molecular flexibility index (Phi) is 5.77. The number of hydrogen-bond donors (Lipinski definition) is 1. The van der Waals surface area contributed by atoms with E-state index in [0.29, 0.717) is 16.8 Å². The number of rotatable bonds is 6. The molecule has 0 saturated heterocycles. The van der Waals surface area contributed by atoms with Crippen LogP contribution in [-0.2, 0) is 10.2 Å². The van der Waals surface area contributed by atoms with Gasteiger partial charge in [0.15, 0.2) is 6.61 Å². The molecule has 3 nitrogen and oxygen atoms in total. The van der Waals surface area contributed by atoms with Crippen LogP contribution in [0.4, 0.5) is 4.39 Å². The molecule has 1 N–H and O–H groups in total. The summed E-state index contributed by atoms with van der Waals surface area (Å²) in [6, 6.07) is 14.1. The van der Waals surface area contributed by atoms with E-state index in [1.54, 1.807) is 0 Å². The third kappa shape index (κ3) is 5.06. The monoisotopic (exact) mass is 379 g/mol. The molecule has 23 heavy (non-hydrogen) atoms. The van der Waals surface area contributed by atoms with Gasteiger partial charge >= 0.3 is 0 Å². The van der Waals surface area contributed by atoms with Crippen LogP contribution in [0.2, 0.25) is 0 Å². The van der Waals surface area contributed by atoms with Crippen LogP contribution >= 0.6 is 15.9 Å². The van der Waals surface area contributed by atoms with Crippen LogP contribution in [0.15, 0.2) is 53.0 Å². The predicted octanol–water partition coefficient (Wildman–Crippen LogP) is 4.06. The van der Waals surface area contributed by atoms with Crippen molar-refractivity contribution in [2.45, 2.75) is 19.3 Å². The molecule has 0 aliphatic heterocycles. The fraction of sp³-hybridized carbons (Fsp3) is 0.278. The summed E-state index contributed by atoms with van der Waals surface area (Å²) in [6.07, 6.45) is 0. The summed E-state index contributed by atoms with van der Waals surface area (Å²) in [5, 5.41) is 2.87. The molecule has 0 radical (unpaired) electrons. The molecule has 0 atom stereocenters. The molecule has 2 rings (SSSR count). The Morgan fingerprint density at radius 1 is 1.22 bits per heavy atom. The van der Waals surface area contributed by atoms with Crippen LogP contribution in [0.5, 0.6) is 5.75 Å². The molecule has 0 saturated carbocycles. The number of ether oxygens (including phenoxy) is 1. The first kappa shape index (κ1) is 17.5. The molecule has 2 aromatic carbocycles. The summed E-state index contributed by atoms with van der Waals surface area (Å²) in [5.41, 5.74) is 0.982. The fourth-order valence-electron chi connectivity index (χ4n) is 2.10. The Morgan fingerprint density at radius 2 is 1.91 bits per heavy atom. The van der Waals surface area contributed by atoms with Crippen molar-refractivity contribution in [3.63, 3.8) is 0 Å². The molecule has 0 aliphatic carbocycles. The average Bonchev–Trinajstić information content (AvgIpc) is 2.53. The van der Waals surface area contributed by atoms with E-state index in [1.807, 2.05) is 30.3 Å². The maximum atomic E-state index is 13.0. The minimum Gasteiger partial charge on any atom is -0.483 e. The zero-order chi connectivity index (χ0) is 16.9. The minimum atomic E-state index is -0.363. The first-order valence-corrected chi connectivity index (χ1v) is 8.08. The number of halogens is 2. The normalized spacial score (nSPS) is 11.1. The van der Waals surface area contributed by atoms with Crippen LogP contribution in [0.25, 0.3) is 0 Å². The summed E-state index contributed by atoms with van der Waals surface area (Å²) in [4.78, 5) is 11.9. The highest BCUT2D eigenvalue weighted by Gasteiger charge is 2.21. The predicted molar refractivity (Wildman–Crippen MR) is 92.1 cm³/mol. The maximum absolute atomic E-state index is 13.0. The van der Waals surface area contributed by atoms with E-state index in [0.717, 1.165) is 5.56 Å². The molecule has 0 spiro atoms. The van der Waals surface area contributed by atoms with Gasteiger partial charge in [0, 0.05) is 12.0 Å². The number of benzene rings is 2. The number of nitrogens with one attached hydrogen (secondary N) is 1. The third-order valence-corrected chi connectivity index (χ3v) is 4.16. The van der Waals surface area contributed by atoms with Gasteiger partial charge < -0.3 is 10.1 Å². The smallest absolute Gasteiger partial charge is 0.257 e. The second kappa shape index (κ2) is 7.59. The highest BCUT2D eigenvalue weighted by atomic mass is 79.9. The van der Waals surface area contributed by atoms with Gasteiger partial charge in [-0.2, -0.15) is 0 Å². The fourth-order valence-corrected chi connectivity index (χ4v) is 2.56. The van der Waals surface area contributed by atoms with Gasteiger partial charge in [-0.15, -0.1) is 0 Å². The average molecular weight is 380 g/mol. The highest BCUT2D eigenvalue weighted by Crippen LogP contribution is 2.25. The lowest BCUT2D eigenvalue weighted by atomic mass is 9.84. The second-order valence-corrected chi connectivity index (χ2v) is 6.74. The Bertz CT molecular complexity index is 674. The van der Waals surface area contributed by atoms with Crippen molar-refractivity contribution in [3.05, 3.63) is 64.4 Å². The molecule has 5 heteroatoms. The van der Waals surface area contributed by atoms with Gasteiger partial charge in [0.1, 0.15) is 11.6 Å². The Labute approximate surface area is 144 Å². The molecule has 122 valence electrons. The van der Waals surface area contributed by atoms with Gasteiger partial charge in [-0.05, 0) is 39.7 Å². The SMILES string of the molecule is CC(C)(CNC(=O)COc1ccc(F)cc1Br)c1ccccc1. The minimum absolute atomic E-state index is 0.116. The van der Waals surface area contributed by atoms with Crippen LogP contribution in [0, 0.1) is 5.82 Å². The van der Waals surface area contributed by atoms with E-state index >= 15 is 0 Å². The lowest BCUT2D eigenvalue weighted by molar-refractivity contribution is -0.123. The van der Waals surface area contributed by atoms with Gasteiger partial charge in [-0.25, -0.2) is 4.39 Å². The summed E-state index contributed by atoms with van der Waals surface area (Å²) in [6.45, 7) is 4.53. The summed E-state index contributed by atoms with van der Waals surface area (Å²) < 4.78 is 18.9. The molecule has 0 bridgehead atoms. The first-order valence-electron chi connectivity index (χ1n) is 7.28. The van der Waals surface area contributed by atoms with Crippen LogP contribution in [0.3, 0.4) is 0 Å². The zero-order valence-electron chi connectivity index (χ0n) is 13.1. The molecule has 1 amide bonds.